The summed E-state index contributed by atoms with van der Waals surface area (Å²) in [5.41, 5.74) is 3.11. The summed E-state index contributed by atoms with van der Waals surface area (Å²) in [6, 6.07) is 2.34. The molecule has 0 radical (unpaired) electrons. The molecule has 0 N–H and O–H groups in total. The van der Waals surface area contributed by atoms with Crippen LogP contribution in [0.2, 0.25) is 0 Å². The van der Waals surface area contributed by atoms with Crippen LogP contribution in [0.1, 0.15) is 52.7 Å². The molecular formula is C15H24N2. The first kappa shape index (κ1) is 12.4. The molecule has 2 rings (SSSR count). The van der Waals surface area contributed by atoms with Crippen LogP contribution in [0.25, 0.3) is 0 Å². The van der Waals surface area contributed by atoms with Gasteiger partial charge in [0, 0.05) is 18.3 Å². The Morgan fingerprint density at radius 3 is 2.29 bits per heavy atom. The molecule has 0 fully saturated rings. The molecule has 2 heterocycles. The molecule has 1 aromatic heterocycles. The van der Waals surface area contributed by atoms with E-state index in [9.17, 15) is 0 Å². The molecule has 94 valence electrons. The zero-order chi connectivity index (χ0) is 12.8. The molecule has 0 aliphatic carbocycles. The number of hydrogen-bond acceptors (Lipinski definition) is 2. The summed E-state index contributed by atoms with van der Waals surface area (Å²) in [6.45, 7) is 14.6. The quantitative estimate of drug-likeness (QED) is 0.680. The summed E-state index contributed by atoms with van der Waals surface area (Å²) >= 11 is 0. The minimum Gasteiger partial charge on any atom is -0.351 e. The Labute approximate surface area is 105 Å². The lowest BCUT2D eigenvalue weighted by Gasteiger charge is -2.33. The number of aromatic nitrogens is 1. The molecule has 2 nitrogen and oxygen atoms in total. The van der Waals surface area contributed by atoms with Crippen LogP contribution >= 0.6 is 0 Å². The molecule has 1 aliphatic rings. The van der Waals surface area contributed by atoms with Gasteiger partial charge in [0.05, 0.1) is 0 Å². The lowest BCUT2D eigenvalue weighted by atomic mass is 9.87. The molecule has 1 aromatic rings. The summed E-state index contributed by atoms with van der Waals surface area (Å²) in [5.74, 6) is 1.19. The van der Waals surface area contributed by atoms with Crippen molar-refractivity contribution in [2.24, 2.45) is 0 Å². The predicted octanol–water partition coefficient (Wildman–Crippen LogP) is 3.54. The van der Waals surface area contributed by atoms with Crippen molar-refractivity contribution in [2.45, 2.75) is 58.9 Å². The average molecular weight is 232 g/mol. The largest absolute Gasteiger partial charge is 0.351 e. The molecule has 0 aromatic carbocycles. The van der Waals surface area contributed by atoms with E-state index in [2.05, 4.69) is 52.5 Å². The first-order chi connectivity index (χ1) is 7.69. The van der Waals surface area contributed by atoms with Gasteiger partial charge in [0.2, 0.25) is 0 Å². The van der Waals surface area contributed by atoms with E-state index in [1.807, 2.05) is 6.20 Å². The van der Waals surface area contributed by atoms with Crippen LogP contribution in [0.5, 0.6) is 0 Å². The number of anilines is 1. The van der Waals surface area contributed by atoms with E-state index in [0.29, 0.717) is 0 Å². The Morgan fingerprint density at radius 1 is 1.12 bits per heavy atom. The topological polar surface area (TPSA) is 16.1 Å². The Morgan fingerprint density at radius 2 is 1.76 bits per heavy atom. The van der Waals surface area contributed by atoms with Gasteiger partial charge in [-0.05, 0) is 49.8 Å². The fraction of sp³-hybridized carbons (Fsp3) is 0.667. The maximum absolute atomic E-state index is 4.70. The van der Waals surface area contributed by atoms with Gasteiger partial charge in [-0.25, -0.2) is 4.98 Å². The van der Waals surface area contributed by atoms with Gasteiger partial charge in [-0.15, -0.1) is 0 Å². The molecule has 17 heavy (non-hydrogen) atoms. The second-order valence-corrected chi connectivity index (χ2v) is 7.03. The summed E-state index contributed by atoms with van der Waals surface area (Å²) in [6.07, 6.45) is 3.17. The Kier molecular flexibility index (Phi) is 2.72. The van der Waals surface area contributed by atoms with E-state index in [-0.39, 0.29) is 11.0 Å². The fourth-order valence-corrected chi connectivity index (χ4v) is 2.33. The summed E-state index contributed by atoms with van der Waals surface area (Å²) < 4.78 is 0. The van der Waals surface area contributed by atoms with Crippen LogP contribution in [-0.2, 0) is 11.8 Å². The third-order valence-electron chi connectivity index (χ3n) is 3.48. The highest BCUT2D eigenvalue weighted by Gasteiger charge is 2.30. The number of fused-ring (bicyclic) bond motifs is 1. The van der Waals surface area contributed by atoms with Crippen LogP contribution in [0.3, 0.4) is 0 Å². The standard InChI is InChI=1S/C15H24N2/c1-14(2,3)12-9-11-7-8-17(15(4,5)6)13(11)16-10-12/h9-10H,7-8H2,1-6H3. The number of pyridine rings is 1. The van der Waals surface area contributed by atoms with Gasteiger partial charge >= 0.3 is 0 Å². The maximum atomic E-state index is 4.70. The molecule has 0 bridgehead atoms. The molecule has 0 saturated carbocycles. The van der Waals surface area contributed by atoms with E-state index >= 15 is 0 Å². The van der Waals surface area contributed by atoms with E-state index in [0.717, 1.165) is 13.0 Å². The lowest BCUT2D eigenvalue weighted by Crippen LogP contribution is -2.40. The van der Waals surface area contributed by atoms with Crippen molar-refractivity contribution in [3.05, 3.63) is 23.4 Å². The van der Waals surface area contributed by atoms with Crippen molar-refractivity contribution in [3.63, 3.8) is 0 Å². The molecular weight excluding hydrogens is 208 g/mol. The van der Waals surface area contributed by atoms with Gasteiger partial charge in [-0.3, -0.25) is 0 Å². The van der Waals surface area contributed by atoms with Crippen LogP contribution in [0.15, 0.2) is 12.3 Å². The Balaban J connectivity index is 2.39. The van der Waals surface area contributed by atoms with Gasteiger partial charge in [0.15, 0.2) is 0 Å². The summed E-state index contributed by atoms with van der Waals surface area (Å²) in [7, 11) is 0. The van der Waals surface area contributed by atoms with Crippen molar-refractivity contribution >= 4 is 5.82 Å². The van der Waals surface area contributed by atoms with Crippen LogP contribution < -0.4 is 4.90 Å². The van der Waals surface area contributed by atoms with E-state index in [1.54, 1.807) is 0 Å². The molecule has 0 amide bonds. The molecule has 0 spiro atoms. The summed E-state index contributed by atoms with van der Waals surface area (Å²) in [4.78, 5) is 7.11. The summed E-state index contributed by atoms with van der Waals surface area (Å²) in [5, 5.41) is 0. The number of nitrogens with zero attached hydrogens (tertiary/aromatic N) is 2. The predicted molar refractivity (Wildman–Crippen MR) is 73.7 cm³/mol. The van der Waals surface area contributed by atoms with Crippen molar-refractivity contribution in [3.8, 4) is 0 Å². The van der Waals surface area contributed by atoms with E-state index in [1.165, 1.54) is 16.9 Å². The van der Waals surface area contributed by atoms with Gasteiger partial charge in [0.1, 0.15) is 5.82 Å². The highest BCUT2D eigenvalue weighted by atomic mass is 15.3. The van der Waals surface area contributed by atoms with Crippen molar-refractivity contribution in [2.75, 3.05) is 11.4 Å². The number of hydrogen-bond donors (Lipinski definition) is 0. The van der Waals surface area contributed by atoms with Gasteiger partial charge < -0.3 is 4.90 Å². The highest BCUT2D eigenvalue weighted by molar-refractivity contribution is 5.55. The monoisotopic (exact) mass is 232 g/mol. The first-order valence-corrected chi connectivity index (χ1v) is 6.46. The second-order valence-electron chi connectivity index (χ2n) is 7.03. The van der Waals surface area contributed by atoms with Crippen LogP contribution in [-0.4, -0.2) is 17.1 Å². The fourth-order valence-electron chi connectivity index (χ4n) is 2.33. The highest BCUT2D eigenvalue weighted by Crippen LogP contribution is 2.34. The minimum atomic E-state index is 0.168. The third-order valence-corrected chi connectivity index (χ3v) is 3.48. The van der Waals surface area contributed by atoms with Crippen LogP contribution in [0, 0.1) is 0 Å². The smallest absolute Gasteiger partial charge is 0.132 e. The van der Waals surface area contributed by atoms with E-state index in [4.69, 9.17) is 4.98 Å². The Bertz CT molecular complexity index is 422. The van der Waals surface area contributed by atoms with E-state index < -0.39 is 0 Å². The van der Waals surface area contributed by atoms with Crippen molar-refractivity contribution in [1.82, 2.24) is 4.98 Å². The Hall–Kier alpha value is -1.05. The number of rotatable bonds is 0. The zero-order valence-corrected chi connectivity index (χ0v) is 12.0. The molecule has 1 aliphatic heterocycles. The van der Waals surface area contributed by atoms with Crippen molar-refractivity contribution in [1.29, 1.82) is 0 Å². The normalized spacial score (nSPS) is 16.2. The minimum absolute atomic E-state index is 0.168. The molecule has 0 saturated heterocycles. The van der Waals surface area contributed by atoms with Gasteiger partial charge in [-0.1, -0.05) is 20.8 Å². The molecule has 0 atom stereocenters. The van der Waals surface area contributed by atoms with Crippen LogP contribution in [0.4, 0.5) is 5.82 Å². The van der Waals surface area contributed by atoms with Gasteiger partial charge in [-0.2, -0.15) is 0 Å². The molecule has 0 unspecified atom stereocenters. The van der Waals surface area contributed by atoms with Crippen molar-refractivity contribution < 1.29 is 0 Å². The third kappa shape index (κ3) is 2.31. The lowest BCUT2D eigenvalue weighted by molar-refractivity contribution is 0.514. The second kappa shape index (κ2) is 3.72. The molecule has 2 heteroatoms. The SMILES string of the molecule is CC(C)(C)c1cnc2c(c1)CCN2C(C)(C)C. The first-order valence-electron chi connectivity index (χ1n) is 6.46. The average Bonchev–Trinajstić information content (AvgIpc) is 2.57. The maximum Gasteiger partial charge on any atom is 0.132 e. The zero-order valence-electron chi connectivity index (χ0n) is 12.0. The van der Waals surface area contributed by atoms with Gasteiger partial charge in [0.25, 0.3) is 0 Å².